The molecule has 1 aromatic heterocycles. The van der Waals surface area contributed by atoms with Crippen molar-refractivity contribution >= 4 is 22.5 Å². The molecule has 0 atom stereocenters. The Bertz CT molecular complexity index is 1120. The zero-order valence-electron chi connectivity index (χ0n) is 15.8. The number of rotatable bonds is 5. The molecular weight excluding hydrogens is 373 g/mol. The number of hydrogen-bond donors (Lipinski definition) is 0. The van der Waals surface area contributed by atoms with Gasteiger partial charge in [0.2, 0.25) is 0 Å². The van der Waals surface area contributed by atoms with Gasteiger partial charge in [0.15, 0.2) is 0 Å². The van der Waals surface area contributed by atoms with Crippen molar-refractivity contribution in [3.63, 3.8) is 0 Å². The minimum absolute atomic E-state index is 0.122. The van der Waals surface area contributed by atoms with Gasteiger partial charge in [-0.1, -0.05) is 55.8 Å². The zero-order valence-corrected chi connectivity index (χ0v) is 16.6. The van der Waals surface area contributed by atoms with Crippen LogP contribution in [-0.4, -0.2) is 4.57 Å². The van der Waals surface area contributed by atoms with E-state index in [0.717, 1.165) is 33.6 Å². The van der Waals surface area contributed by atoms with E-state index >= 15 is 0 Å². The maximum absolute atomic E-state index is 13.6. The molecule has 0 unspecified atom stereocenters. The van der Waals surface area contributed by atoms with Crippen molar-refractivity contribution in [3.8, 4) is 11.4 Å². The van der Waals surface area contributed by atoms with Crippen LogP contribution in [0.1, 0.15) is 31.0 Å². The van der Waals surface area contributed by atoms with E-state index in [0.29, 0.717) is 12.5 Å². The monoisotopic (exact) mass is 393 g/mol. The second kappa shape index (κ2) is 7.69. The molecule has 0 N–H and O–H groups in total. The van der Waals surface area contributed by atoms with Crippen LogP contribution >= 0.6 is 11.6 Å². The fourth-order valence-corrected chi connectivity index (χ4v) is 3.56. The molecule has 0 aliphatic carbocycles. The summed E-state index contributed by atoms with van der Waals surface area (Å²) >= 11 is 6.03. The van der Waals surface area contributed by atoms with Crippen LogP contribution in [0.3, 0.4) is 0 Å². The van der Waals surface area contributed by atoms with Crippen LogP contribution in [0.15, 0.2) is 72.8 Å². The molecule has 0 aliphatic heterocycles. The first kappa shape index (κ1) is 18.6. The first-order chi connectivity index (χ1) is 13.5. The van der Waals surface area contributed by atoms with Crippen LogP contribution in [0.4, 0.5) is 4.39 Å². The van der Waals surface area contributed by atoms with E-state index in [9.17, 15) is 4.39 Å². The molecule has 4 aromatic rings. The molecule has 0 radical (unpaired) electrons. The predicted molar refractivity (Wildman–Crippen MR) is 113 cm³/mol. The van der Waals surface area contributed by atoms with Gasteiger partial charge in [-0.3, -0.25) is 0 Å². The molecule has 4 rings (SSSR count). The minimum atomic E-state index is -0.412. The molecule has 0 spiro atoms. The van der Waals surface area contributed by atoms with Crippen molar-refractivity contribution in [2.24, 2.45) is 0 Å². The third kappa shape index (κ3) is 3.63. The van der Waals surface area contributed by atoms with E-state index in [1.54, 1.807) is 12.1 Å². The highest BCUT2D eigenvalue weighted by Gasteiger charge is 2.15. The Kier molecular flexibility index (Phi) is 5.10. The number of fused-ring (bicyclic) bond motifs is 1. The summed E-state index contributed by atoms with van der Waals surface area (Å²) in [6, 6.07) is 23.1. The Morgan fingerprint density at radius 2 is 1.75 bits per heavy atom. The summed E-state index contributed by atoms with van der Waals surface area (Å²) in [7, 11) is 0. The summed E-state index contributed by atoms with van der Waals surface area (Å²) in [4.78, 5) is 0. The second-order valence-electron chi connectivity index (χ2n) is 7.15. The molecule has 4 heteroatoms. The Labute approximate surface area is 169 Å². The largest absolute Gasteiger partial charge is 0.489 e. The van der Waals surface area contributed by atoms with Crippen molar-refractivity contribution in [1.82, 2.24) is 4.57 Å². The van der Waals surface area contributed by atoms with Crippen LogP contribution in [0.25, 0.3) is 16.6 Å². The third-order valence-corrected chi connectivity index (χ3v) is 5.09. The molecule has 3 aromatic carbocycles. The summed E-state index contributed by atoms with van der Waals surface area (Å²) in [5.74, 6) is 0.704. The summed E-state index contributed by atoms with van der Waals surface area (Å²) in [6.45, 7) is 4.81. The van der Waals surface area contributed by atoms with Crippen molar-refractivity contribution in [1.29, 1.82) is 0 Å². The normalized spacial score (nSPS) is 11.3. The van der Waals surface area contributed by atoms with Gasteiger partial charge in [-0.15, -0.1) is 0 Å². The first-order valence-electron chi connectivity index (χ1n) is 9.30. The molecule has 0 saturated carbocycles. The van der Waals surface area contributed by atoms with Gasteiger partial charge in [-0.2, -0.15) is 0 Å². The van der Waals surface area contributed by atoms with E-state index in [4.69, 9.17) is 16.3 Å². The molecule has 28 heavy (non-hydrogen) atoms. The molecule has 0 bridgehead atoms. The van der Waals surface area contributed by atoms with Gasteiger partial charge in [-0.25, -0.2) is 4.39 Å². The highest BCUT2D eigenvalue weighted by atomic mass is 35.5. The van der Waals surface area contributed by atoms with E-state index in [-0.39, 0.29) is 5.02 Å². The summed E-state index contributed by atoms with van der Waals surface area (Å²) in [6.07, 6.45) is 0. The van der Waals surface area contributed by atoms with Crippen molar-refractivity contribution in [2.45, 2.75) is 26.4 Å². The average Bonchev–Trinajstić information content (AvgIpc) is 3.08. The van der Waals surface area contributed by atoms with Crippen LogP contribution in [-0.2, 0) is 6.61 Å². The van der Waals surface area contributed by atoms with Gasteiger partial charge in [0.05, 0.1) is 10.5 Å². The third-order valence-electron chi connectivity index (χ3n) is 4.80. The maximum atomic E-state index is 13.6. The number of ether oxygens (including phenoxy) is 1. The van der Waals surface area contributed by atoms with Crippen LogP contribution in [0.2, 0.25) is 5.02 Å². The Balaban J connectivity index is 1.73. The molecular formula is C24H21ClFNO. The number of benzene rings is 3. The fraction of sp³-hybridized carbons (Fsp3) is 0.167. The van der Waals surface area contributed by atoms with Crippen molar-refractivity contribution in [2.75, 3.05) is 0 Å². The van der Waals surface area contributed by atoms with Gasteiger partial charge in [-0.05, 0) is 53.9 Å². The van der Waals surface area contributed by atoms with E-state index in [2.05, 4.69) is 24.5 Å². The number of aromatic nitrogens is 1. The van der Waals surface area contributed by atoms with Gasteiger partial charge in [0.25, 0.3) is 0 Å². The molecule has 0 amide bonds. The van der Waals surface area contributed by atoms with Gasteiger partial charge >= 0.3 is 0 Å². The van der Waals surface area contributed by atoms with E-state index in [1.807, 2.05) is 48.5 Å². The molecule has 0 aliphatic rings. The average molecular weight is 394 g/mol. The summed E-state index contributed by atoms with van der Waals surface area (Å²) in [5.41, 5.74) is 4.16. The SMILES string of the molecule is CC(C)c1cc2cc(OCc3ccccc3)ccc2n1-c1ccc(F)c(Cl)c1. The Morgan fingerprint density at radius 3 is 2.46 bits per heavy atom. The molecule has 0 fully saturated rings. The lowest BCUT2D eigenvalue weighted by Crippen LogP contribution is -2.02. The number of halogens is 2. The quantitative estimate of drug-likeness (QED) is 0.352. The standard InChI is InChI=1S/C24H21ClFNO/c1-16(2)24-13-18-12-20(28-15-17-6-4-3-5-7-17)9-11-23(18)27(24)19-8-10-22(26)21(25)14-19/h3-14,16H,15H2,1-2H3. The number of nitrogens with zero attached hydrogens (tertiary/aromatic N) is 1. The second-order valence-corrected chi connectivity index (χ2v) is 7.56. The fourth-order valence-electron chi connectivity index (χ4n) is 3.38. The van der Waals surface area contributed by atoms with E-state index in [1.165, 1.54) is 6.07 Å². The topological polar surface area (TPSA) is 14.2 Å². The predicted octanol–water partition coefficient (Wildman–Crippen LogP) is 7.13. The number of hydrogen-bond acceptors (Lipinski definition) is 1. The smallest absolute Gasteiger partial charge is 0.141 e. The van der Waals surface area contributed by atoms with Crippen LogP contribution < -0.4 is 4.74 Å². The maximum Gasteiger partial charge on any atom is 0.141 e. The van der Waals surface area contributed by atoms with Crippen molar-refractivity contribution < 1.29 is 9.13 Å². The summed E-state index contributed by atoms with van der Waals surface area (Å²) in [5, 5.41) is 1.20. The van der Waals surface area contributed by atoms with E-state index < -0.39 is 5.82 Å². The Morgan fingerprint density at radius 1 is 0.964 bits per heavy atom. The lowest BCUT2D eigenvalue weighted by molar-refractivity contribution is 0.306. The highest BCUT2D eigenvalue weighted by Crippen LogP contribution is 2.32. The van der Waals surface area contributed by atoms with Crippen LogP contribution in [0, 0.1) is 5.82 Å². The molecule has 2 nitrogen and oxygen atoms in total. The van der Waals surface area contributed by atoms with Gasteiger partial charge in [0, 0.05) is 16.8 Å². The van der Waals surface area contributed by atoms with Crippen LogP contribution in [0.5, 0.6) is 5.75 Å². The Hall–Kier alpha value is -2.78. The van der Waals surface area contributed by atoms with Gasteiger partial charge < -0.3 is 9.30 Å². The molecule has 142 valence electrons. The lowest BCUT2D eigenvalue weighted by Gasteiger charge is -2.14. The lowest BCUT2D eigenvalue weighted by atomic mass is 10.1. The summed E-state index contributed by atoms with van der Waals surface area (Å²) < 4.78 is 21.7. The molecule has 0 saturated heterocycles. The van der Waals surface area contributed by atoms with Crippen molar-refractivity contribution in [3.05, 3.63) is 94.9 Å². The minimum Gasteiger partial charge on any atom is -0.489 e. The first-order valence-corrected chi connectivity index (χ1v) is 9.68. The van der Waals surface area contributed by atoms with Gasteiger partial charge in [0.1, 0.15) is 18.2 Å². The zero-order chi connectivity index (χ0) is 19.7. The highest BCUT2D eigenvalue weighted by molar-refractivity contribution is 6.30. The molecule has 1 heterocycles.